The van der Waals surface area contributed by atoms with Crippen LogP contribution < -0.4 is 10.9 Å². The van der Waals surface area contributed by atoms with Gasteiger partial charge in [0.2, 0.25) is 0 Å². The van der Waals surface area contributed by atoms with Crippen LogP contribution in [0.15, 0.2) is 35.1 Å². The van der Waals surface area contributed by atoms with Gasteiger partial charge in [-0.1, -0.05) is 25.0 Å². The van der Waals surface area contributed by atoms with Gasteiger partial charge in [-0.3, -0.25) is 4.79 Å². The summed E-state index contributed by atoms with van der Waals surface area (Å²) >= 11 is 0. The van der Waals surface area contributed by atoms with E-state index in [1.165, 1.54) is 6.07 Å². The molecule has 8 heteroatoms. The van der Waals surface area contributed by atoms with Crippen LogP contribution >= 0.6 is 0 Å². The number of aryl methyl sites for hydroxylation is 2. The molecular weight excluding hydrogens is 405 g/mol. The molecule has 0 aliphatic heterocycles. The first-order valence-corrected chi connectivity index (χ1v) is 10.5. The van der Waals surface area contributed by atoms with Gasteiger partial charge < -0.3 is 9.88 Å². The molecule has 1 fully saturated rings. The standard InChI is InChI=1S/C23H25F3N4O/c1-13(16-9-6-10-17(11-16)23(24,25)26)27-21-19-12-18(15-7-4-5-8-15)22(31)30(3)20(19)14(2)28-29-21/h6,9-13,15H,4-5,7-8H2,1-3H3,(H,27,29)/t13-/m1/s1. The third kappa shape index (κ3) is 4.03. The number of halogens is 3. The number of aromatic nitrogens is 3. The van der Waals surface area contributed by atoms with E-state index in [1.807, 2.05) is 6.07 Å². The molecule has 164 valence electrons. The second-order valence-corrected chi connectivity index (χ2v) is 8.33. The molecule has 0 unspecified atom stereocenters. The summed E-state index contributed by atoms with van der Waals surface area (Å²) in [5.41, 5.74) is 1.86. The van der Waals surface area contributed by atoms with Gasteiger partial charge in [0.1, 0.15) is 0 Å². The molecule has 1 N–H and O–H groups in total. The van der Waals surface area contributed by atoms with E-state index in [9.17, 15) is 18.0 Å². The summed E-state index contributed by atoms with van der Waals surface area (Å²) in [4.78, 5) is 13.0. The minimum absolute atomic E-state index is 0.0209. The highest BCUT2D eigenvalue weighted by atomic mass is 19.4. The maximum Gasteiger partial charge on any atom is 0.416 e. The maximum absolute atomic E-state index is 13.1. The fourth-order valence-corrected chi connectivity index (χ4v) is 4.51. The van der Waals surface area contributed by atoms with Gasteiger partial charge in [0.05, 0.1) is 22.8 Å². The average molecular weight is 430 g/mol. The molecule has 4 rings (SSSR count). The lowest BCUT2D eigenvalue weighted by molar-refractivity contribution is -0.137. The van der Waals surface area contributed by atoms with Crippen LogP contribution in [0.2, 0.25) is 0 Å². The smallest absolute Gasteiger partial charge is 0.361 e. The molecule has 1 aromatic carbocycles. The predicted molar refractivity (Wildman–Crippen MR) is 114 cm³/mol. The molecule has 1 aliphatic rings. The monoisotopic (exact) mass is 430 g/mol. The van der Waals surface area contributed by atoms with Crippen molar-refractivity contribution in [2.24, 2.45) is 7.05 Å². The number of rotatable bonds is 4. The highest BCUT2D eigenvalue weighted by Crippen LogP contribution is 2.35. The molecule has 5 nitrogen and oxygen atoms in total. The second-order valence-electron chi connectivity index (χ2n) is 8.33. The second kappa shape index (κ2) is 7.98. The third-order valence-corrected chi connectivity index (χ3v) is 6.20. The Kier molecular flexibility index (Phi) is 5.49. The Morgan fingerprint density at radius 3 is 2.55 bits per heavy atom. The van der Waals surface area contributed by atoms with E-state index in [4.69, 9.17) is 0 Å². The van der Waals surface area contributed by atoms with Crippen molar-refractivity contribution >= 4 is 16.7 Å². The topological polar surface area (TPSA) is 59.8 Å². The highest BCUT2D eigenvalue weighted by Gasteiger charge is 2.31. The van der Waals surface area contributed by atoms with E-state index in [2.05, 4.69) is 15.5 Å². The first-order valence-electron chi connectivity index (χ1n) is 10.5. The number of fused-ring (bicyclic) bond motifs is 1. The van der Waals surface area contributed by atoms with E-state index < -0.39 is 17.8 Å². The van der Waals surface area contributed by atoms with Crippen molar-refractivity contribution in [1.82, 2.24) is 14.8 Å². The number of hydrogen-bond acceptors (Lipinski definition) is 4. The number of nitrogens with one attached hydrogen (secondary N) is 1. The number of alkyl halides is 3. The van der Waals surface area contributed by atoms with E-state index in [-0.39, 0.29) is 11.5 Å². The van der Waals surface area contributed by atoms with Crippen LogP contribution in [0.3, 0.4) is 0 Å². The number of pyridine rings is 1. The van der Waals surface area contributed by atoms with Crippen LogP contribution in [0, 0.1) is 6.92 Å². The maximum atomic E-state index is 13.1. The van der Waals surface area contributed by atoms with E-state index >= 15 is 0 Å². The molecule has 0 bridgehead atoms. The fourth-order valence-electron chi connectivity index (χ4n) is 4.51. The Bertz CT molecular complexity index is 1180. The quantitative estimate of drug-likeness (QED) is 0.595. The summed E-state index contributed by atoms with van der Waals surface area (Å²) in [5, 5.41) is 12.4. The van der Waals surface area contributed by atoms with Gasteiger partial charge in [0.25, 0.3) is 5.56 Å². The lowest BCUT2D eigenvalue weighted by Gasteiger charge is -2.20. The number of nitrogens with zero attached hydrogens (tertiary/aromatic N) is 3. The zero-order valence-electron chi connectivity index (χ0n) is 17.8. The van der Waals surface area contributed by atoms with Gasteiger partial charge in [-0.25, -0.2) is 0 Å². The summed E-state index contributed by atoms with van der Waals surface area (Å²) < 4.78 is 40.9. The molecule has 1 atom stereocenters. The normalized spacial score (nSPS) is 16.1. The molecule has 0 radical (unpaired) electrons. The molecule has 1 saturated carbocycles. The van der Waals surface area contributed by atoms with Crippen molar-refractivity contribution in [2.45, 2.75) is 57.7 Å². The van der Waals surface area contributed by atoms with Crippen molar-refractivity contribution < 1.29 is 13.2 Å². The number of hydrogen-bond donors (Lipinski definition) is 1. The summed E-state index contributed by atoms with van der Waals surface area (Å²) in [6.45, 7) is 3.58. The predicted octanol–water partition coefficient (Wildman–Crippen LogP) is 5.49. The summed E-state index contributed by atoms with van der Waals surface area (Å²) in [6, 6.07) is 6.71. The van der Waals surface area contributed by atoms with E-state index in [0.29, 0.717) is 22.6 Å². The van der Waals surface area contributed by atoms with Crippen molar-refractivity contribution in [2.75, 3.05) is 5.32 Å². The third-order valence-electron chi connectivity index (χ3n) is 6.20. The minimum Gasteiger partial charge on any atom is -0.361 e. The van der Waals surface area contributed by atoms with Gasteiger partial charge in [-0.05, 0) is 56.4 Å². The number of anilines is 1. The van der Waals surface area contributed by atoms with E-state index in [0.717, 1.165) is 48.8 Å². The zero-order chi connectivity index (χ0) is 22.3. The molecular formula is C23H25F3N4O. The van der Waals surface area contributed by atoms with Gasteiger partial charge in [-0.15, -0.1) is 5.10 Å². The van der Waals surface area contributed by atoms with Crippen LogP contribution in [0.4, 0.5) is 19.0 Å². The number of benzene rings is 1. The Morgan fingerprint density at radius 2 is 1.87 bits per heavy atom. The Morgan fingerprint density at radius 1 is 1.16 bits per heavy atom. The lowest BCUT2D eigenvalue weighted by Crippen LogP contribution is -2.24. The molecule has 2 heterocycles. The van der Waals surface area contributed by atoms with Gasteiger partial charge in [-0.2, -0.15) is 18.3 Å². The first-order chi connectivity index (χ1) is 14.7. The average Bonchev–Trinajstić information content (AvgIpc) is 3.26. The first kappa shape index (κ1) is 21.3. The van der Waals surface area contributed by atoms with Crippen LogP contribution in [-0.4, -0.2) is 14.8 Å². The van der Waals surface area contributed by atoms with Crippen LogP contribution in [0.1, 0.15) is 67.0 Å². The van der Waals surface area contributed by atoms with Gasteiger partial charge >= 0.3 is 6.18 Å². The van der Waals surface area contributed by atoms with Crippen LogP contribution in [0.5, 0.6) is 0 Å². The molecule has 31 heavy (non-hydrogen) atoms. The fraction of sp³-hybridized carbons (Fsp3) is 0.435. The summed E-state index contributed by atoms with van der Waals surface area (Å²) in [6.07, 6.45) is -0.210. The Balaban J connectivity index is 1.77. The van der Waals surface area contributed by atoms with Crippen LogP contribution in [0.25, 0.3) is 10.9 Å². The molecule has 1 aliphatic carbocycles. The zero-order valence-corrected chi connectivity index (χ0v) is 17.8. The Hall–Kier alpha value is -2.90. The lowest BCUT2D eigenvalue weighted by atomic mass is 9.97. The van der Waals surface area contributed by atoms with Crippen molar-refractivity contribution in [3.05, 3.63) is 63.1 Å². The van der Waals surface area contributed by atoms with Crippen molar-refractivity contribution in [3.8, 4) is 0 Å². The summed E-state index contributed by atoms with van der Waals surface area (Å²) in [7, 11) is 1.73. The Labute approximate surface area is 178 Å². The summed E-state index contributed by atoms with van der Waals surface area (Å²) in [5.74, 6) is 0.686. The van der Waals surface area contributed by atoms with Crippen molar-refractivity contribution in [3.63, 3.8) is 0 Å². The highest BCUT2D eigenvalue weighted by molar-refractivity contribution is 5.91. The molecule has 2 aromatic heterocycles. The minimum atomic E-state index is -4.40. The van der Waals surface area contributed by atoms with Gasteiger partial charge in [0, 0.05) is 18.0 Å². The largest absolute Gasteiger partial charge is 0.416 e. The SMILES string of the molecule is Cc1nnc(N[C@H](C)c2cccc(C(F)(F)F)c2)c2cc(C3CCCC3)c(=O)n(C)c12. The van der Waals surface area contributed by atoms with Gasteiger partial charge in [0.15, 0.2) is 5.82 Å². The molecule has 3 aromatic rings. The van der Waals surface area contributed by atoms with Crippen molar-refractivity contribution in [1.29, 1.82) is 0 Å². The van der Waals surface area contributed by atoms with E-state index in [1.54, 1.807) is 31.5 Å². The molecule has 0 saturated heterocycles. The molecule has 0 amide bonds. The van der Waals surface area contributed by atoms with Crippen LogP contribution in [-0.2, 0) is 13.2 Å². The molecule has 0 spiro atoms.